The first-order valence-electron chi connectivity index (χ1n) is 12.3. The number of para-hydroxylation sites is 1. The molecule has 3 atom stereocenters. The average molecular weight is 486 g/mol. The van der Waals surface area contributed by atoms with Crippen LogP contribution in [0.4, 0.5) is 16.6 Å². The molecule has 3 heterocycles. The van der Waals surface area contributed by atoms with E-state index in [1.165, 1.54) is 0 Å². The third kappa shape index (κ3) is 6.65. The van der Waals surface area contributed by atoms with Gasteiger partial charge in [0, 0.05) is 35.9 Å². The second-order valence-electron chi connectivity index (χ2n) is 9.01. The van der Waals surface area contributed by atoms with Gasteiger partial charge in [-0.15, -0.1) is 0 Å². The number of benzene rings is 1. The number of unbranched alkanes of at least 4 members (excludes halogenated alkanes) is 4. The van der Waals surface area contributed by atoms with Gasteiger partial charge in [0.25, 0.3) is 0 Å². The van der Waals surface area contributed by atoms with Crippen LogP contribution in [0, 0.1) is 0 Å². The number of nitrogens with zero attached hydrogens (tertiary/aromatic N) is 2. The maximum absolute atomic E-state index is 12.1. The van der Waals surface area contributed by atoms with Gasteiger partial charge in [-0.05, 0) is 37.8 Å². The lowest BCUT2D eigenvalue weighted by molar-refractivity contribution is -0.121. The molecule has 0 bridgehead atoms. The molecule has 4 rings (SSSR count). The molecule has 34 heavy (non-hydrogen) atoms. The van der Waals surface area contributed by atoms with E-state index in [0.29, 0.717) is 11.7 Å². The van der Waals surface area contributed by atoms with Crippen LogP contribution >= 0.6 is 11.8 Å². The largest absolute Gasteiger partial charge is 0.369 e. The highest BCUT2D eigenvalue weighted by Crippen LogP contribution is 2.33. The van der Waals surface area contributed by atoms with Crippen LogP contribution < -0.4 is 27.0 Å². The Kier molecular flexibility index (Phi) is 8.67. The summed E-state index contributed by atoms with van der Waals surface area (Å²) >= 11 is 1.93. The number of carbonyl (C=O) groups excluding carboxylic acids is 2. The fourth-order valence-corrected chi connectivity index (χ4v) is 6.17. The second kappa shape index (κ2) is 12.1. The molecule has 0 aliphatic carbocycles. The lowest BCUT2D eigenvalue weighted by Crippen LogP contribution is -2.36. The first-order chi connectivity index (χ1) is 16.6. The molecule has 1 aromatic heterocycles. The quantitative estimate of drug-likeness (QED) is 0.217. The first kappa shape index (κ1) is 24.4. The van der Waals surface area contributed by atoms with E-state index in [2.05, 4.69) is 31.2 Å². The summed E-state index contributed by atoms with van der Waals surface area (Å²) in [4.78, 5) is 32.1. The number of nitrogens with one attached hydrogen (secondary N) is 4. The summed E-state index contributed by atoms with van der Waals surface area (Å²) in [5, 5.41) is 13.8. The zero-order valence-electron chi connectivity index (χ0n) is 19.5. The fourth-order valence-electron chi connectivity index (χ4n) is 4.63. The number of rotatable bonds is 13. The highest BCUT2D eigenvalue weighted by atomic mass is 32.2. The lowest BCUT2D eigenvalue weighted by atomic mass is 10.0. The Morgan fingerprint density at radius 2 is 1.88 bits per heavy atom. The van der Waals surface area contributed by atoms with Crippen molar-refractivity contribution in [3.8, 4) is 0 Å². The third-order valence-corrected chi connectivity index (χ3v) is 7.93. The Labute approximate surface area is 204 Å². The predicted octanol–water partition coefficient (Wildman–Crippen LogP) is 3.03. The van der Waals surface area contributed by atoms with E-state index in [1.807, 2.05) is 36.0 Å². The van der Waals surface area contributed by atoms with Crippen LogP contribution in [0.25, 0.3) is 10.9 Å². The molecule has 0 radical (unpaired) electrons. The molecule has 2 aliphatic heterocycles. The number of nitrogen functional groups attached to an aromatic ring is 1. The van der Waals surface area contributed by atoms with E-state index in [9.17, 15) is 9.59 Å². The minimum absolute atomic E-state index is 0.0412. The Morgan fingerprint density at radius 1 is 1.06 bits per heavy atom. The molecule has 2 fully saturated rings. The SMILES string of the molecule is Nc1nc(NCCCCCCNC(=O)CCCC[C@@H]2SC[C@@H]3NC(=O)N[C@@H]32)c2ccccc2n1. The minimum atomic E-state index is -0.0412. The van der Waals surface area contributed by atoms with E-state index in [0.717, 1.165) is 80.5 Å². The minimum Gasteiger partial charge on any atom is -0.369 e. The molecule has 0 unspecified atom stereocenters. The molecule has 184 valence electrons. The van der Waals surface area contributed by atoms with Gasteiger partial charge in [0.1, 0.15) is 5.82 Å². The maximum Gasteiger partial charge on any atom is 0.315 e. The number of aromatic nitrogens is 2. The first-order valence-corrected chi connectivity index (χ1v) is 13.4. The van der Waals surface area contributed by atoms with Crippen molar-refractivity contribution in [3.63, 3.8) is 0 Å². The molecule has 6 N–H and O–H groups in total. The van der Waals surface area contributed by atoms with Crippen LogP contribution in [0.5, 0.6) is 0 Å². The number of hydrogen-bond donors (Lipinski definition) is 5. The second-order valence-corrected chi connectivity index (χ2v) is 10.3. The van der Waals surface area contributed by atoms with Crippen molar-refractivity contribution in [3.05, 3.63) is 24.3 Å². The molecule has 9 nitrogen and oxygen atoms in total. The molecular weight excluding hydrogens is 450 g/mol. The predicted molar refractivity (Wildman–Crippen MR) is 138 cm³/mol. The number of anilines is 2. The van der Waals surface area contributed by atoms with Crippen LogP contribution in [0.15, 0.2) is 24.3 Å². The van der Waals surface area contributed by atoms with Crippen LogP contribution in [0.2, 0.25) is 0 Å². The number of hydrogen-bond acceptors (Lipinski definition) is 7. The van der Waals surface area contributed by atoms with Crippen LogP contribution in [0.1, 0.15) is 51.4 Å². The topological polar surface area (TPSA) is 134 Å². The van der Waals surface area contributed by atoms with Gasteiger partial charge in [-0.2, -0.15) is 16.7 Å². The molecule has 3 amide bonds. The molecule has 2 aliphatic rings. The number of carbonyl (C=O) groups is 2. The van der Waals surface area contributed by atoms with Gasteiger partial charge in [-0.25, -0.2) is 9.78 Å². The monoisotopic (exact) mass is 485 g/mol. The summed E-state index contributed by atoms with van der Waals surface area (Å²) in [6.45, 7) is 1.56. The van der Waals surface area contributed by atoms with Crippen molar-refractivity contribution >= 4 is 46.4 Å². The maximum atomic E-state index is 12.1. The Balaban J connectivity index is 1.00. The number of thioether (sulfide) groups is 1. The van der Waals surface area contributed by atoms with Crippen molar-refractivity contribution in [2.75, 3.05) is 29.9 Å². The Bertz CT molecular complexity index is 989. The van der Waals surface area contributed by atoms with Crippen molar-refractivity contribution in [2.45, 2.75) is 68.7 Å². The van der Waals surface area contributed by atoms with Crippen LogP contribution in [-0.2, 0) is 4.79 Å². The number of nitrogens with two attached hydrogens (primary N) is 1. The lowest BCUT2D eigenvalue weighted by Gasteiger charge is -2.16. The summed E-state index contributed by atoms with van der Waals surface area (Å²) in [5.41, 5.74) is 6.66. The van der Waals surface area contributed by atoms with E-state index >= 15 is 0 Å². The van der Waals surface area contributed by atoms with Gasteiger partial charge in [-0.1, -0.05) is 31.4 Å². The number of urea groups is 1. The van der Waals surface area contributed by atoms with Gasteiger partial charge in [0.2, 0.25) is 11.9 Å². The molecule has 0 spiro atoms. The van der Waals surface area contributed by atoms with Gasteiger partial charge in [-0.3, -0.25) is 4.79 Å². The number of fused-ring (bicyclic) bond motifs is 2. The normalized spacial score (nSPS) is 21.2. The van der Waals surface area contributed by atoms with Crippen molar-refractivity contribution < 1.29 is 9.59 Å². The third-order valence-electron chi connectivity index (χ3n) is 6.42. The molecule has 1 aromatic carbocycles. The highest BCUT2D eigenvalue weighted by Gasteiger charge is 2.42. The molecule has 10 heteroatoms. The van der Waals surface area contributed by atoms with Crippen molar-refractivity contribution in [1.29, 1.82) is 0 Å². The molecule has 0 saturated carbocycles. The van der Waals surface area contributed by atoms with Gasteiger partial charge in [0.05, 0.1) is 17.6 Å². The summed E-state index contributed by atoms with van der Waals surface area (Å²) in [5.74, 6) is 2.19. The van der Waals surface area contributed by atoms with E-state index in [1.54, 1.807) is 0 Å². The summed E-state index contributed by atoms with van der Waals surface area (Å²) in [7, 11) is 0. The van der Waals surface area contributed by atoms with E-state index in [-0.39, 0.29) is 30.0 Å². The van der Waals surface area contributed by atoms with Crippen LogP contribution in [0.3, 0.4) is 0 Å². The van der Waals surface area contributed by atoms with E-state index < -0.39 is 0 Å². The smallest absolute Gasteiger partial charge is 0.315 e. The van der Waals surface area contributed by atoms with Crippen molar-refractivity contribution in [2.24, 2.45) is 0 Å². The zero-order chi connectivity index (χ0) is 23.8. The van der Waals surface area contributed by atoms with Gasteiger partial charge in [0.15, 0.2) is 0 Å². The molecule has 2 saturated heterocycles. The molecule has 2 aromatic rings. The van der Waals surface area contributed by atoms with Crippen molar-refractivity contribution in [1.82, 2.24) is 25.9 Å². The number of amides is 3. The van der Waals surface area contributed by atoms with Gasteiger partial charge < -0.3 is 27.0 Å². The molecular formula is C24H35N7O2S. The summed E-state index contributed by atoms with van der Waals surface area (Å²) in [6, 6.07) is 8.32. The Hall–Kier alpha value is -2.75. The Morgan fingerprint density at radius 3 is 2.76 bits per heavy atom. The van der Waals surface area contributed by atoms with E-state index in [4.69, 9.17) is 5.73 Å². The fraction of sp³-hybridized carbons (Fsp3) is 0.583. The highest BCUT2D eigenvalue weighted by molar-refractivity contribution is 8.00. The van der Waals surface area contributed by atoms with Crippen LogP contribution in [-0.4, -0.2) is 58.1 Å². The average Bonchev–Trinajstić information content (AvgIpc) is 3.37. The van der Waals surface area contributed by atoms with Gasteiger partial charge >= 0.3 is 6.03 Å². The zero-order valence-corrected chi connectivity index (χ0v) is 20.3. The summed E-state index contributed by atoms with van der Waals surface area (Å²) < 4.78 is 0. The standard InChI is InChI=1S/C24H35N7O2S/c25-23-28-17-10-4-3-9-16(17)22(31-23)27-14-8-2-1-7-13-26-20(32)12-6-5-11-19-21-18(15-34-19)29-24(33)30-21/h3-4,9-10,18-19,21H,1-2,5-8,11-15H2,(H,26,32)(H2,29,30,33)(H3,25,27,28,31)/t18-,19-,21-/m0/s1. The summed E-state index contributed by atoms with van der Waals surface area (Å²) in [6.07, 6.45) is 7.74.